The number of para-hydroxylation sites is 1. The van der Waals surface area contributed by atoms with Crippen molar-refractivity contribution in [1.29, 1.82) is 0 Å². The van der Waals surface area contributed by atoms with Gasteiger partial charge in [-0.25, -0.2) is 4.39 Å². The highest BCUT2D eigenvalue weighted by Gasteiger charge is 2.12. The summed E-state index contributed by atoms with van der Waals surface area (Å²) >= 11 is 5.89. The van der Waals surface area contributed by atoms with Crippen LogP contribution in [0.1, 0.15) is 11.1 Å². The Morgan fingerprint density at radius 2 is 1.95 bits per heavy atom. The molecule has 0 heterocycles. The van der Waals surface area contributed by atoms with Crippen molar-refractivity contribution in [1.82, 2.24) is 0 Å². The second kappa shape index (κ2) is 5.85. The maximum atomic E-state index is 13.6. The Morgan fingerprint density at radius 3 is 2.63 bits per heavy atom. The Labute approximate surface area is 116 Å². The zero-order valence-electron chi connectivity index (χ0n) is 10.4. The Kier molecular flexibility index (Phi) is 4.17. The molecule has 0 aromatic heterocycles. The molecule has 0 fully saturated rings. The van der Waals surface area contributed by atoms with Gasteiger partial charge in [0.05, 0.1) is 6.42 Å². The molecule has 1 N–H and O–H groups in total. The van der Waals surface area contributed by atoms with Gasteiger partial charge >= 0.3 is 0 Å². The van der Waals surface area contributed by atoms with E-state index in [0.717, 1.165) is 11.3 Å². The fraction of sp³-hybridized carbons (Fsp3) is 0.133. The summed E-state index contributed by atoms with van der Waals surface area (Å²) in [6.45, 7) is 1.89. The van der Waals surface area contributed by atoms with Gasteiger partial charge in [0, 0.05) is 16.3 Å². The van der Waals surface area contributed by atoms with Crippen molar-refractivity contribution in [3.63, 3.8) is 0 Å². The van der Waals surface area contributed by atoms with E-state index in [1.165, 1.54) is 12.1 Å². The summed E-state index contributed by atoms with van der Waals surface area (Å²) in [5.41, 5.74) is 1.89. The van der Waals surface area contributed by atoms with Crippen molar-refractivity contribution in [2.24, 2.45) is 0 Å². The molecule has 0 aliphatic carbocycles. The molecule has 0 spiro atoms. The summed E-state index contributed by atoms with van der Waals surface area (Å²) in [4.78, 5) is 11.9. The number of hydrogen-bond donors (Lipinski definition) is 1. The lowest BCUT2D eigenvalue weighted by Gasteiger charge is -2.09. The number of hydrogen-bond acceptors (Lipinski definition) is 1. The number of amides is 1. The predicted octanol–water partition coefficient (Wildman–Crippen LogP) is 3.97. The van der Waals surface area contributed by atoms with Crippen molar-refractivity contribution < 1.29 is 9.18 Å². The zero-order chi connectivity index (χ0) is 13.8. The maximum Gasteiger partial charge on any atom is 0.228 e. The fourth-order valence-electron chi connectivity index (χ4n) is 1.77. The monoisotopic (exact) mass is 277 g/mol. The summed E-state index contributed by atoms with van der Waals surface area (Å²) < 4.78 is 13.6. The number of rotatable bonds is 3. The van der Waals surface area contributed by atoms with Gasteiger partial charge in [0.25, 0.3) is 0 Å². The largest absolute Gasteiger partial charge is 0.326 e. The van der Waals surface area contributed by atoms with Crippen molar-refractivity contribution >= 4 is 23.2 Å². The van der Waals surface area contributed by atoms with Gasteiger partial charge in [-0.3, -0.25) is 4.79 Å². The summed E-state index contributed by atoms with van der Waals surface area (Å²) in [5, 5.41) is 3.01. The quantitative estimate of drug-likeness (QED) is 0.904. The Bertz CT molecular complexity index is 593. The molecular formula is C15H13ClFNO. The number of nitrogens with one attached hydrogen (secondary N) is 1. The number of carbonyl (C=O) groups excluding carboxylic acids is 1. The number of anilines is 1. The van der Waals surface area contributed by atoms with E-state index >= 15 is 0 Å². The van der Waals surface area contributed by atoms with Crippen LogP contribution in [0.2, 0.25) is 5.02 Å². The first-order chi connectivity index (χ1) is 9.08. The zero-order valence-corrected chi connectivity index (χ0v) is 11.2. The molecule has 2 aromatic rings. The molecular weight excluding hydrogens is 265 g/mol. The van der Waals surface area contributed by atoms with Crippen LogP contribution in [0, 0.1) is 12.7 Å². The Morgan fingerprint density at radius 1 is 1.21 bits per heavy atom. The standard InChI is InChI=1S/C15H13ClFNO/c1-10-5-2-3-8-14(10)18-15(19)9-11-12(16)6-4-7-13(11)17/h2-8H,9H2,1H3,(H,18,19). The minimum atomic E-state index is -0.465. The molecule has 1 amide bonds. The van der Waals surface area contributed by atoms with E-state index in [0.29, 0.717) is 0 Å². The van der Waals surface area contributed by atoms with Gasteiger partial charge in [-0.15, -0.1) is 0 Å². The van der Waals surface area contributed by atoms with Crippen LogP contribution in [0.4, 0.5) is 10.1 Å². The second-order valence-electron chi connectivity index (χ2n) is 4.24. The average molecular weight is 278 g/mol. The van der Waals surface area contributed by atoms with Crippen LogP contribution in [-0.2, 0) is 11.2 Å². The van der Waals surface area contributed by atoms with Crippen molar-refractivity contribution in [3.05, 3.63) is 64.4 Å². The normalized spacial score (nSPS) is 10.3. The smallest absolute Gasteiger partial charge is 0.228 e. The van der Waals surface area contributed by atoms with E-state index in [1.54, 1.807) is 12.1 Å². The first-order valence-electron chi connectivity index (χ1n) is 5.86. The molecule has 98 valence electrons. The van der Waals surface area contributed by atoms with Crippen molar-refractivity contribution in [2.45, 2.75) is 13.3 Å². The molecule has 0 bridgehead atoms. The first-order valence-corrected chi connectivity index (χ1v) is 6.24. The van der Waals surface area contributed by atoms with Gasteiger partial charge in [0.2, 0.25) is 5.91 Å². The third kappa shape index (κ3) is 3.32. The van der Waals surface area contributed by atoms with E-state index in [1.807, 2.05) is 25.1 Å². The lowest BCUT2D eigenvalue weighted by Crippen LogP contribution is -2.16. The van der Waals surface area contributed by atoms with Gasteiger partial charge in [0.15, 0.2) is 0 Å². The Balaban J connectivity index is 2.12. The molecule has 2 rings (SSSR count). The molecule has 0 saturated heterocycles. The summed E-state index contributed by atoms with van der Waals surface area (Å²) in [7, 11) is 0. The van der Waals surface area contributed by atoms with Crippen molar-refractivity contribution in [2.75, 3.05) is 5.32 Å². The van der Waals surface area contributed by atoms with E-state index < -0.39 is 5.82 Å². The lowest BCUT2D eigenvalue weighted by atomic mass is 10.1. The summed E-state index contributed by atoms with van der Waals surface area (Å²) in [6, 6.07) is 11.8. The van der Waals surface area contributed by atoms with Crippen LogP contribution in [-0.4, -0.2) is 5.91 Å². The van der Waals surface area contributed by atoms with Gasteiger partial charge < -0.3 is 5.32 Å². The number of halogens is 2. The summed E-state index contributed by atoms with van der Waals surface area (Å²) in [6.07, 6.45) is -0.0835. The van der Waals surface area contributed by atoms with Gasteiger partial charge in [0.1, 0.15) is 5.82 Å². The predicted molar refractivity (Wildman–Crippen MR) is 74.9 cm³/mol. The number of aryl methyl sites for hydroxylation is 1. The molecule has 0 unspecified atom stereocenters. The SMILES string of the molecule is Cc1ccccc1NC(=O)Cc1c(F)cccc1Cl. The molecule has 0 aliphatic rings. The van der Waals surface area contributed by atoms with Crippen LogP contribution in [0.15, 0.2) is 42.5 Å². The highest BCUT2D eigenvalue weighted by molar-refractivity contribution is 6.31. The van der Waals surface area contributed by atoms with E-state index in [9.17, 15) is 9.18 Å². The highest BCUT2D eigenvalue weighted by Crippen LogP contribution is 2.20. The van der Waals surface area contributed by atoms with Crippen LogP contribution in [0.25, 0.3) is 0 Å². The van der Waals surface area contributed by atoms with Crippen LogP contribution in [0.3, 0.4) is 0 Å². The molecule has 0 saturated carbocycles. The van der Waals surface area contributed by atoms with Crippen LogP contribution < -0.4 is 5.32 Å². The van der Waals surface area contributed by atoms with Crippen LogP contribution in [0.5, 0.6) is 0 Å². The summed E-state index contributed by atoms with van der Waals surface area (Å²) in [5.74, 6) is -0.756. The minimum Gasteiger partial charge on any atom is -0.326 e. The topological polar surface area (TPSA) is 29.1 Å². The molecule has 0 radical (unpaired) electrons. The van der Waals surface area contributed by atoms with Crippen molar-refractivity contribution in [3.8, 4) is 0 Å². The molecule has 2 nitrogen and oxygen atoms in total. The molecule has 2 aromatic carbocycles. The van der Waals surface area contributed by atoms with E-state index in [-0.39, 0.29) is 22.9 Å². The molecule has 0 atom stereocenters. The third-order valence-corrected chi connectivity index (χ3v) is 3.17. The number of carbonyl (C=O) groups is 1. The maximum absolute atomic E-state index is 13.6. The molecule has 4 heteroatoms. The van der Waals surface area contributed by atoms with Gasteiger partial charge in [-0.1, -0.05) is 35.9 Å². The average Bonchev–Trinajstić information content (AvgIpc) is 2.37. The van der Waals surface area contributed by atoms with Gasteiger partial charge in [-0.2, -0.15) is 0 Å². The molecule has 0 aliphatic heterocycles. The molecule has 19 heavy (non-hydrogen) atoms. The first kappa shape index (κ1) is 13.6. The van der Waals surface area contributed by atoms with E-state index in [2.05, 4.69) is 5.32 Å². The second-order valence-corrected chi connectivity index (χ2v) is 4.65. The highest BCUT2D eigenvalue weighted by atomic mass is 35.5. The van der Waals surface area contributed by atoms with Gasteiger partial charge in [-0.05, 0) is 30.7 Å². The van der Waals surface area contributed by atoms with E-state index in [4.69, 9.17) is 11.6 Å². The lowest BCUT2D eigenvalue weighted by molar-refractivity contribution is -0.115. The minimum absolute atomic E-state index is 0.0835. The fourth-order valence-corrected chi connectivity index (χ4v) is 2.00. The Hall–Kier alpha value is -1.87. The number of benzene rings is 2. The van der Waals surface area contributed by atoms with Crippen LogP contribution >= 0.6 is 11.6 Å². The third-order valence-electron chi connectivity index (χ3n) is 2.82.